The largest absolute Gasteiger partial charge is 0.367 e. The molecule has 2 heterocycles. The molecule has 5 rings (SSSR count). The maximum Gasteiger partial charge on any atom is 0.123 e. The van der Waals surface area contributed by atoms with Crippen molar-refractivity contribution in [3.8, 4) is 5.69 Å². The lowest BCUT2D eigenvalue weighted by Gasteiger charge is -2.29. The normalized spacial score (nSPS) is 23.5. The molecule has 2 N–H and O–H groups in total. The van der Waals surface area contributed by atoms with Crippen molar-refractivity contribution >= 4 is 16.6 Å². The Morgan fingerprint density at radius 3 is 2.52 bits per heavy atom. The lowest BCUT2D eigenvalue weighted by Crippen LogP contribution is -2.41. The van der Waals surface area contributed by atoms with Gasteiger partial charge in [0.05, 0.1) is 17.4 Å². The molecule has 25 heavy (non-hydrogen) atoms. The predicted octanol–water partition coefficient (Wildman–Crippen LogP) is 3.48. The van der Waals surface area contributed by atoms with E-state index in [0.717, 1.165) is 35.5 Å². The summed E-state index contributed by atoms with van der Waals surface area (Å²) in [7, 11) is 0. The van der Waals surface area contributed by atoms with Crippen LogP contribution in [0, 0.1) is 11.7 Å². The second kappa shape index (κ2) is 5.56. The quantitative estimate of drug-likeness (QED) is 0.796. The van der Waals surface area contributed by atoms with Gasteiger partial charge in [-0.1, -0.05) is 0 Å². The van der Waals surface area contributed by atoms with Gasteiger partial charge >= 0.3 is 0 Å². The summed E-state index contributed by atoms with van der Waals surface area (Å²) >= 11 is 0. The summed E-state index contributed by atoms with van der Waals surface area (Å²) in [6, 6.07) is 13.7. The van der Waals surface area contributed by atoms with Crippen LogP contribution in [-0.2, 0) is 0 Å². The van der Waals surface area contributed by atoms with Gasteiger partial charge in [-0.05, 0) is 67.6 Å². The Hall–Kier alpha value is -2.40. The van der Waals surface area contributed by atoms with E-state index in [1.54, 1.807) is 12.1 Å². The Bertz CT molecular complexity index is 913. The molecule has 2 aromatic carbocycles. The van der Waals surface area contributed by atoms with Gasteiger partial charge in [0, 0.05) is 29.7 Å². The molecular formula is C20H21FN4. The van der Waals surface area contributed by atoms with Crippen LogP contribution in [0.15, 0.2) is 48.7 Å². The molecule has 5 heteroatoms. The highest BCUT2D eigenvalue weighted by molar-refractivity contribution is 5.84. The van der Waals surface area contributed by atoms with Crippen LogP contribution in [0.1, 0.15) is 19.3 Å². The summed E-state index contributed by atoms with van der Waals surface area (Å²) in [5.74, 6) is 0.522. The molecule has 3 aromatic rings. The van der Waals surface area contributed by atoms with Crippen molar-refractivity contribution in [1.82, 2.24) is 9.78 Å². The number of nitrogens with zero attached hydrogens (tertiary/aromatic N) is 3. The first-order chi connectivity index (χ1) is 12.2. The Morgan fingerprint density at radius 1 is 1.00 bits per heavy atom. The van der Waals surface area contributed by atoms with Crippen LogP contribution in [0.2, 0.25) is 0 Å². The maximum absolute atomic E-state index is 13.2. The minimum Gasteiger partial charge on any atom is -0.367 e. The lowest BCUT2D eigenvalue weighted by molar-refractivity contribution is 0.525. The fourth-order valence-electron chi connectivity index (χ4n) is 4.17. The Morgan fingerprint density at radius 2 is 1.76 bits per heavy atom. The fraction of sp³-hybridized carbons (Fsp3) is 0.350. The first kappa shape index (κ1) is 14.9. The Kier molecular flexibility index (Phi) is 3.31. The van der Waals surface area contributed by atoms with E-state index in [0.29, 0.717) is 6.04 Å². The van der Waals surface area contributed by atoms with Gasteiger partial charge in [0.2, 0.25) is 0 Å². The zero-order chi connectivity index (χ0) is 17.0. The lowest BCUT2D eigenvalue weighted by atomic mass is 10.0. The van der Waals surface area contributed by atoms with Crippen LogP contribution < -0.4 is 10.6 Å². The Labute approximate surface area is 146 Å². The van der Waals surface area contributed by atoms with E-state index in [2.05, 4.69) is 28.2 Å². The van der Waals surface area contributed by atoms with Crippen LogP contribution in [0.5, 0.6) is 0 Å². The molecule has 128 valence electrons. The zero-order valence-corrected chi connectivity index (χ0v) is 14.0. The summed E-state index contributed by atoms with van der Waals surface area (Å²) in [4.78, 5) is 2.48. The van der Waals surface area contributed by atoms with Crippen LogP contribution in [0.25, 0.3) is 16.6 Å². The molecule has 0 unspecified atom stereocenters. The number of rotatable bonds is 3. The van der Waals surface area contributed by atoms with Gasteiger partial charge in [0.25, 0.3) is 0 Å². The summed E-state index contributed by atoms with van der Waals surface area (Å²) in [6.45, 7) is 1.03. The molecule has 2 aliphatic rings. The van der Waals surface area contributed by atoms with Crippen LogP contribution in [-0.4, -0.2) is 28.4 Å². The van der Waals surface area contributed by atoms with Crippen molar-refractivity contribution in [2.75, 3.05) is 11.4 Å². The summed E-state index contributed by atoms with van der Waals surface area (Å²) < 4.78 is 15.0. The number of hydrogen-bond acceptors (Lipinski definition) is 3. The van der Waals surface area contributed by atoms with Gasteiger partial charge in [-0.3, -0.25) is 0 Å². The van der Waals surface area contributed by atoms with E-state index in [1.165, 1.54) is 30.7 Å². The van der Waals surface area contributed by atoms with Gasteiger partial charge in [-0.25, -0.2) is 9.07 Å². The van der Waals surface area contributed by atoms with E-state index in [4.69, 9.17) is 5.73 Å². The molecule has 1 aromatic heterocycles. The highest BCUT2D eigenvalue weighted by Crippen LogP contribution is 2.42. The number of benzene rings is 2. The summed E-state index contributed by atoms with van der Waals surface area (Å²) in [5.41, 5.74) is 9.49. The van der Waals surface area contributed by atoms with Crippen LogP contribution in [0.4, 0.5) is 10.1 Å². The van der Waals surface area contributed by atoms with Gasteiger partial charge in [-0.2, -0.15) is 5.10 Å². The fourth-order valence-corrected chi connectivity index (χ4v) is 4.17. The third-order valence-electron chi connectivity index (χ3n) is 5.56. The molecule has 4 nitrogen and oxygen atoms in total. The predicted molar refractivity (Wildman–Crippen MR) is 97.5 cm³/mol. The van der Waals surface area contributed by atoms with Crippen molar-refractivity contribution in [3.05, 3.63) is 54.5 Å². The van der Waals surface area contributed by atoms with E-state index < -0.39 is 0 Å². The van der Waals surface area contributed by atoms with Gasteiger partial charge < -0.3 is 10.6 Å². The van der Waals surface area contributed by atoms with Gasteiger partial charge in [0.1, 0.15) is 5.82 Å². The molecule has 2 atom stereocenters. The number of hydrogen-bond donors (Lipinski definition) is 1. The van der Waals surface area contributed by atoms with Gasteiger partial charge in [-0.15, -0.1) is 0 Å². The van der Waals surface area contributed by atoms with Crippen molar-refractivity contribution < 1.29 is 4.39 Å². The van der Waals surface area contributed by atoms with Crippen molar-refractivity contribution in [2.45, 2.75) is 31.3 Å². The first-order valence-electron chi connectivity index (χ1n) is 8.97. The molecule has 0 radical (unpaired) electrons. The molecule has 0 bridgehead atoms. The Balaban J connectivity index is 1.52. The maximum atomic E-state index is 13.2. The minimum atomic E-state index is -0.237. The highest BCUT2D eigenvalue weighted by atomic mass is 19.1. The smallest absolute Gasteiger partial charge is 0.123 e. The standard InChI is InChI=1S/C20H21FN4/c21-15-3-5-16(6-4-15)25-19-8-7-17(11-14(19)12-23-25)24-10-9-18(22)20(24)13-1-2-13/h3-8,11-13,18,20H,1-2,9-10,22H2/t18-,20+/m1/s1. The van der Waals surface area contributed by atoms with Crippen molar-refractivity contribution in [1.29, 1.82) is 0 Å². The van der Waals surface area contributed by atoms with E-state index in [-0.39, 0.29) is 11.9 Å². The molecule has 1 aliphatic heterocycles. The van der Waals surface area contributed by atoms with E-state index >= 15 is 0 Å². The zero-order valence-electron chi connectivity index (χ0n) is 14.0. The number of fused-ring (bicyclic) bond motifs is 1. The molecule has 1 saturated carbocycles. The molecular weight excluding hydrogens is 315 g/mol. The summed E-state index contributed by atoms with van der Waals surface area (Å²) in [5, 5.41) is 5.59. The monoisotopic (exact) mass is 336 g/mol. The van der Waals surface area contributed by atoms with Crippen LogP contribution in [0.3, 0.4) is 0 Å². The third-order valence-corrected chi connectivity index (χ3v) is 5.56. The highest BCUT2D eigenvalue weighted by Gasteiger charge is 2.42. The van der Waals surface area contributed by atoms with Crippen molar-refractivity contribution in [3.63, 3.8) is 0 Å². The number of anilines is 1. The van der Waals surface area contributed by atoms with E-state index in [1.807, 2.05) is 10.9 Å². The van der Waals surface area contributed by atoms with E-state index in [9.17, 15) is 4.39 Å². The second-order valence-corrected chi connectivity index (χ2v) is 7.25. The molecule has 0 amide bonds. The molecule has 0 spiro atoms. The molecule has 2 fully saturated rings. The molecule has 1 aliphatic carbocycles. The summed E-state index contributed by atoms with van der Waals surface area (Å²) in [6.07, 6.45) is 5.55. The number of aromatic nitrogens is 2. The average molecular weight is 336 g/mol. The topological polar surface area (TPSA) is 47.1 Å². The second-order valence-electron chi connectivity index (χ2n) is 7.25. The van der Waals surface area contributed by atoms with Crippen LogP contribution >= 0.6 is 0 Å². The third kappa shape index (κ3) is 2.50. The number of halogens is 1. The number of nitrogens with two attached hydrogens (primary N) is 1. The molecule has 1 saturated heterocycles. The SMILES string of the molecule is N[C@@H]1CCN(c2ccc3c(cnn3-c3ccc(F)cc3)c2)[C@H]1C1CC1. The average Bonchev–Trinajstić information content (AvgIpc) is 3.25. The minimum absolute atomic E-state index is 0.237. The van der Waals surface area contributed by atoms with Crippen molar-refractivity contribution in [2.24, 2.45) is 11.7 Å². The first-order valence-corrected chi connectivity index (χ1v) is 8.97. The van der Waals surface area contributed by atoms with Gasteiger partial charge in [0.15, 0.2) is 0 Å².